The van der Waals surface area contributed by atoms with Crippen molar-refractivity contribution in [2.45, 2.75) is 6.42 Å². The molecule has 98 valence electrons. The summed E-state index contributed by atoms with van der Waals surface area (Å²) in [6.07, 6.45) is 2.12. The number of benzene rings is 1. The average Bonchev–Trinajstić information content (AvgIpc) is 3.06. The van der Waals surface area contributed by atoms with Crippen LogP contribution in [0, 0.1) is 11.5 Å². The van der Waals surface area contributed by atoms with Gasteiger partial charge in [-0.1, -0.05) is 0 Å². The first-order valence-corrected chi connectivity index (χ1v) is 5.84. The fraction of sp³-hybridized carbons (Fsp3) is 0.333. The van der Waals surface area contributed by atoms with Crippen LogP contribution in [0.5, 0.6) is 17.2 Å². The zero-order chi connectivity index (χ0) is 13.2. The topological polar surface area (TPSA) is 75.0 Å². The van der Waals surface area contributed by atoms with Gasteiger partial charge in [-0.2, -0.15) is 5.26 Å². The molecule has 1 amide bonds. The van der Waals surface area contributed by atoms with Crippen molar-refractivity contribution in [1.82, 2.24) is 10.0 Å². The number of nitrogens with zero attached hydrogens (tertiary/aromatic N) is 3. The molecule has 0 N–H and O–H groups in total. The monoisotopic (exact) mass is 261 g/mol. The van der Waals surface area contributed by atoms with Crippen molar-refractivity contribution in [1.29, 1.82) is 5.26 Å². The number of amides is 1. The fourth-order valence-electron chi connectivity index (χ4n) is 2.00. The van der Waals surface area contributed by atoms with Crippen LogP contribution in [0.4, 0.5) is 4.79 Å². The number of ether oxygens (including phenoxy) is 3. The van der Waals surface area contributed by atoms with Crippen molar-refractivity contribution in [2.24, 2.45) is 0 Å². The molecule has 1 fully saturated rings. The molecular weight excluding hydrogens is 250 g/mol. The number of carbonyl (C=O) groups excluding carboxylic acids is 1. The van der Waals surface area contributed by atoms with Crippen molar-refractivity contribution >= 4 is 6.09 Å². The normalized spacial score (nSPS) is 16.4. The lowest BCUT2D eigenvalue weighted by Crippen LogP contribution is -2.40. The zero-order valence-corrected chi connectivity index (χ0v) is 10.0. The fourth-order valence-corrected chi connectivity index (χ4v) is 2.00. The standard InChI is InChI=1S/C12H11N3O4/c13-7-14-4-1-5-15(14)12(16)19-9-2-3-10-11(6-9)18-8-17-10/h2-3,6H,1,4-5,8H2. The van der Waals surface area contributed by atoms with Crippen LogP contribution < -0.4 is 14.2 Å². The number of hydrogen-bond donors (Lipinski definition) is 0. The molecule has 0 aromatic heterocycles. The predicted molar refractivity (Wildman–Crippen MR) is 62.2 cm³/mol. The van der Waals surface area contributed by atoms with E-state index in [0.29, 0.717) is 30.3 Å². The number of rotatable bonds is 1. The van der Waals surface area contributed by atoms with Gasteiger partial charge in [0.1, 0.15) is 5.75 Å². The number of fused-ring (bicyclic) bond motifs is 1. The molecule has 7 heteroatoms. The summed E-state index contributed by atoms with van der Waals surface area (Å²) in [7, 11) is 0. The molecule has 1 saturated heterocycles. The summed E-state index contributed by atoms with van der Waals surface area (Å²) in [5.74, 6) is 1.53. The van der Waals surface area contributed by atoms with Crippen molar-refractivity contribution in [3.63, 3.8) is 0 Å². The van der Waals surface area contributed by atoms with Crippen LogP contribution in [0.3, 0.4) is 0 Å². The third-order valence-corrected chi connectivity index (χ3v) is 2.91. The quantitative estimate of drug-likeness (QED) is 0.710. The molecule has 3 rings (SSSR count). The van der Waals surface area contributed by atoms with E-state index in [-0.39, 0.29) is 6.79 Å². The second-order valence-electron chi connectivity index (χ2n) is 4.08. The molecule has 19 heavy (non-hydrogen) atoms. The Hall–Kier alpha value is -2.62. The minimum atomic E-state index is -0.571. The molecule has 0 spiro atoms. The molecule has 7 nitrogen and oxygen atoms in total. The Balaban J connectivity index is 1.71. The van der Waals surface area contributed by atoms with Crippen molar-refractivity contribution in [2.75, 3.05) is 19.9 Å². The molecule has 0 unspecified atom stereocenters. The largest absolute Gasteiger partial charge is 0.454 e. The maximum absolute atomic E-state index is 11.9. The summed E-state index contributed by atoms with van der Waals surface area (Å²) in [4.78, 5) is 11.9. The third kappa shape index (κ3) is 2.08. The predicted octanol–water partition coefficient (Wildman–Crippen LogP) is 1.32. The van der Waals surface area contributed by atoms with E-state index in [1.54, 1.807) is 18.2 Å². The summed E-state index contributed by atoms with van der Waals surface area (Å²) < 4.78 is 15.6. The van der Waals surface area contributed by atoms with Gasteiger partial charge in [-0.25, -0.2) is 14.8 Å². The van der Waals surface area contributed by atoms with Crippen LogP contribution in [0.25, 0.3) is 0 Å². The van der Waals surface area contributed by atoms with Gasteiger partial charge in [-0.05, 0) is 18.6 Å². The highest BCUT2D eigenvalue weighted by atomic mass is 16.7. The van der Waals surface area contributed by atoms with Gasteiger partial charge in [0.05, 0.1) is 6.54 Å². The molecule has 0 atom stereocenters. The number of hydrazine groups is 1. The first kappa shape index (κ1) is 11.5. The van der Waals surface area contributed by atoms with Crippen LogP contribution >= 0.6 is 0 Å². The Kier molecular flexibility index (Phi) is 2.76. The molecule has 0 radical (unpaired) electrons. The Labute approximate surface area is 109 Å². The van der Waals surface area contributed by atoms with E-state index in [1.165, 1.54) is 10.0 Å². The molecule has 0 bridgehead atoms. The molecule has 0 saturated carbocycles. The smallest absolute Gasteiger partial charge is 0.434 e. The molecular formula is C12H11N3O4. The van der Waals surface area contributed by atoms with Gasteiger partial charge >= 0.3 is 6.09 Å². The Morgan fingerprint density at radius 3 is 3.00 bits per heavy atom. The second-order valence-corrected chi connectivity index (χ2v) is 4.08. The summed E-state index contributed by atoms with van der Waals surface area (Å²) >= 11 is 0. The maximum Gasteiger partial charge on any atom is 0.434 e. The first-order chi connectivity index (χ1) is 9.28. The number of nitriles is 1. The van der Waals surface area contributed by atoms with Crippen LogP contribution in [0.15, 0.2) is 18.2 Å². The van der Waals surface area contributed by atoms with E-state index >= 15 is 0 Å². The molecule has 2 heterocycles. The van der Waals surface area contributed by atoms with Gasteiger partial charge in [-0.3, -0.25) is 0 Å². The summed E-state index contributed by atoms with van der Waals surface area (Å²) in [6.45, 7) is 1.19. The van der Waals surface area contributed by atoms with Crippen molar-refractivity contribution in [3.8, 4) is 23.4 Å². The molecule has 0 aliphatic carbocycles. The number of carbonyl (C=O) groups is 1. The lowest BCUT2D eigenvalue weighted by Gasteiger charge is -2.21. The van der Waals surface area contributed by atoms with Gasteiger partial charge in [0.2, 0.25) is 6.79 Å². The highest BCUT2D eigenvalue weighted by molar-refractivity contribution is 5.71. The molecule has 2 aliphatic rings. The van der Waals surface area contributed by atoms with Gasteiger partial charge in [0.25, 0.3) is 0 Å². The van der Waals surface area contributed by atoms with Gasteiger partial charge in [-0.15, -0.1) is 0 Å². The van der Waals surface area contributed by atoms with Gasteiger partial charge < -0.3 is 14.2 Å². The second kappa shape index (κ2) is 4.57. The van der Waals surface area contributed by atoms with Crippen LogP contribution in [0.2, 0.25) is 0 Å². The molecule has 1 aromatic carbocycles. The van der Waals surface area contributed by atoms with Crippen LogP contribution in [-0.2, 0) is 0 Å². The molecule has 2 aliphatic heterocycles. The average molecular weight is 261 g/mol. The minimum absolute atomic E-state index is 0.168. The zero-order valence-electron chi connectivity index (χ0n) is 10.0. The Morgan fingerprint density at radius 1 is 1.32 bits per heavy atom. The highest BCUT2D eigenvalue weighted by Gasteiger charge is 2.28. The van der Waals surface area contributed by atoms with E-state index in [4.69, 9.17) is 19.5 Å². The van der Waals surface area contributed by atoms with E-state index < -0.39 is 6.09 Å². The minimum Gasteiger partial charge on any atom is -0.454 e. The lowest BCUT2D eigenvalue weighted by molar-refractivity contribution is 0.0801. The Morgan fingerprint density at radius 2 is 2.16 bits per heavy atom. The van der Waals surface area contributed by atoms with E-state index in [1.807, 2.05) is 6.19 Å². The van der Waals surface area contributed by atoms with Gasteiger partial charge in [0.15, 0.2) is 17.7 Å². The van der Waals surface area contributed by atoms with Gasteiger partial charge in [0, 0.05) is 12.6 Å². The van der Waals surface area contributed by atoms with E-state index in [0.717, 1.165) is 6.42 Å². The van der Waals surface area contributed by atoms with Crippen molar-refractivity contribution in [3.05, 3.63) is 18.2 Å². The third-order valence-electron chi connectivity index (χ3n) is 2.91. The van der Waals surface area contributed by atoms with Crippen LogP contribution in [0.1, 0.15) is 6.42 Å². The Bertz CT molecular complexity index is 554. The SMILES string of the molecule is N#CN1CCCN1C(=O)Oc1ccc2c(c1)OCO2. The van der Waals surface area contributed by atoms with Crippen molar-refractivity contribution < 1.29 is 19.0 Å². The van der Waals surface area contributed by atoms with Crippen LogP contribution in [-0.4, -0.2) is 36.0 Å². The highest BCUT2D eigenvalue weighted by Crippen LogP contribution is 2.35. The van der Waals surface area contributed by atoms with E-state index in [9.17, 15) is 4.79 Å². The summed E-state index contributed by atoms with van der Waals surface area (Å²) in [5.41, 5.74) is 0. The number of hydrogen-bond acceptors (Lipinski definition) is 6. The maximum atomic E-state index is 11.9. The lowest BCUT2D eigenvalue weighted by atomic mass is 10.3. The summed E-state index contributed by atoms with van der Waals surface area (Å²) in [6, 6.07) is 4.89. The first-order valence-electron chi connectivity index (χ1n) is 5.84. The summed E-state index contributed by atoms with van der Waals surface area (Å²) in [5, 5.41) is 11.4. The molecule has 1 aromatic rings. The van der Waals surface area contributed by atoms with E-state index in [2.05, 4.69) is 0 Å².